The van der Waals surface area contributed by atoms with Crippen LogP contribution in [0, 0.1) is 18.8 Å². The van der Waals surface area contributed by atoms with Gasteiger partial charge >= 0.3 is 0 Å². The second kappa shape index (κ2) is 6.51. The first-order valence-corrected chi connectivity index (χ1v) is 7.12. The number of benzene rings is 1. The van der Waals surface area contributed by atoms with Crippen LogP contribution in [0.4, 0.5) is 0 Å². The van der Waals surface area contributed by atoms with Crippen molar-refractivity contribution in [2.24, 2.45) is 11.8 Å². The lowest BCUT2D eigenvalue weighted by Crippen LogP contribution is -2.28. The molecule has 1 aliphatic heterocycles. The van der Waals surface area contributed by atoms with Crippen LogP contribution in [0.2, 0.25) is 0 Å². The van der Waals surface area contributed by atoms with Crippen LogP contribution in [-0.2, 0) is 6.54 Å². The number of aryl methyl sites for hydroxylation is 1. The van der Waals surface area contributed by atoms with Crippen LogP contribution < -0.4 is 0 Å². The largest absolute Gasteiger partial charge is 0.396 e. The Balaban J connectivity index is 1.95. The molecule has 106 valence electrons. The van der Waals surface area contributed by atoms with Crippen LogP contribution in [-0.4, -0.2) is 55.2 Å². The van der Waals surface area contributed by atoms with E-state index in [4.69, 9.17) is 0 Å². The topological polar surface area (TPSA) is 26.7 Å². The molecule has 0 bridgehead atoms. The van der Waals surface area contributed by atoms with Crippen LogP contribution in [0.3, 0.4) is 0 Å². The van der Waals surface area contributed by atoms with Gasteiger partial charge in [-0.25, -0.2) is 0 Å². The fourth-order valence-electron chi connectivity index (χ4n) is 3.12. The van der Waals surface area contributed by atoms with Crippen LogP contribution in [0.1, 0.15) is 11.1 Å². The molecule has 3 heteroatoms. The predicted molar refractivity (Wildman–Crippen MR) is 79.1 cm³/mol. The molecule has 0 radical (unpaired) electrons. The van der Waals surface area contributed by atoms with Gasteiger partial charge in [-0.1, -0.05) is 29.8 Å². The van der Waals surface area contributed by atoms with Gasteiger partial charge in [0.2, 0.25) is 0 Å². The standard InChI is InChI=1S/C16H26N2O/c1-13-5-4-6-14(7-13)8-18-10-15(9-17(2)3)16(11-18)12-19/h4-7,15-16,19H,8-12H2,1-3H3/t15-,16-/m1/s1. The van der Waals surface area contributed by atoms with E-state index in [0.717, 1.165) is 26.2 Å². The first-order valence-electron chi connectivity index (χ1n) is 7.12. The highest BCUT2D eigenvalue weighted by molar-refractivity contribution is 5.22. The van der Waals surface area contributed by atoms with Crippen LogP contribution in [0.5, 0.6) is 0 Å². The van der Waals surface area contributed by atoms with Gasteiger partial charge in [0, 0.05) is 32.8 Å². The quantitative estimate of drug-likeness (QED) is 0.873. The molecule has 1 fully saturated rings. The molecule has 1 aliphatic rings. The van der Waals surface area contributed by atoms with Gasteiger partial charge < -0.3 is 10.0 Å². The van der Waals surface area contributed by atoms with E-state index < -0.39 is 0 Å². The Hall–Kier alpha value is -0.900. The molecular formula is C16H26N2O. The van der Waals surface area contributed by atoms with Crippen molar-refractivity contribution in [3.05, 3.63) is 35.4 Å². The summed E-state index contributed by atoms with van der Waals surface area (Å²) in [5.74, 6) is 1.01. The minimum atomic E-state index is 0.308. The van der Waals surface area contributed by atoms with Crippen molar-refractivity contribution in [3.8, 4) is 0 Å². The molecule has 1 N–H and O–H groups in total. The Labute approximate surface area is 116 Å². The smallest absolute Gasteiger partial charge is 0.0475 e. The van der Waals surface area contributed by atoms with E-state index >= 15 is 0 Å². The summed E-state index contributed by atoms with van der Waals surface area (Å²) in [5, 5.41) is 9.53. The molecule has 2 atom stereocenters. The predicted octanol–water partition coefficient (Wildman–Crippen LogP) is 1.60. The summed E-state index contributed by atoms with van der Waals surface area (Å²) in [6.45, 7) is 6.62. The van der Waals surface area contributed by atoms with E-state index in [1.165, 1.54) is 11.1 Å². The number of rotatable bonds is 5. The van der Waals surface area contributed by atoms with E-state index in [2.05, 4.69) is 55.1 Å². The molecule has 3 nitrogen and oxygen atoms in total. The van der Waals surface area contributed by atoms with Gasteiger partial charge in [0.15, 0.2) is 0 Å². The minimum Gasteiger partial charge on any atom is -0.396 e. The second-order valence-electron chi connectivity index (χ2n) is 6.15. The molecule has 0 unspecified atom stereocenters. The molecule has 1 heterocycles. The third kappa shape index (κ3) is 4.03. The highest BCUT2D eigenvalue weighted by Crippen LogP contribution is 2.25. The Morgan fingerprint density at radius 2 is 2.00 bits per heavy atom. The van der Waals surface area contributed by atoms with Crippen molar-refractivity contribution in [1.29, 1.82) is 0 Å². The third-order valence-electron chi connectivity index (χ3n) is 3.97. The summed E-state index contributed by atoms with van der Waals surface area (Å²) in [6, 6.07) is 8.72. The van der Waals surface area contributed by atoms with E-state index in [0.29, 0.717) is 18.4 Å². The average Bonchev–Trinajstić information content (AvgIpc) is 2.70. The number of hydrogen-bond donors (Lipinski definition) is 1. The van der Waals surface area contributed by atoms with E-state index in [9.17, 15) is 5.11 Å². The fraction of sp³-hybridized carbons (Fsp3) is 0.625. The van der Waals surface area contributed by atoms with Gasteiger partial charge in [0.1, 0.15) is 0 Å². The van der Waals surface area contributed by atoms with Gasteiger partial charge in [-0.15, -0.1) is 0 Å². The molecule has 1 aromatic rings. The van der Waals surface area contributed by atoms with E-state index in [1.807, 2.05) is 0 Å². The maximum absolute atomic E-state index is 9.53. The lowest BCUT2D eigenvalue weighted by atomic mass is 9.97. The first-order chi connectivity index (χ1) is 9.08. The number of aliphatic hydroxyl groups is 1. The van der Waals surface area contributed by atoms with Gasteiger partial charge in [-0.05, 0) is 38.4 Å². The molecule has 1 saturated heterocycles. The molecule has 0 aliphatic carbocycles. The Morgan fingerprint density at radius 3 is 2.63 bits per heavy atom. The highest BCUT2D eigenvalue weighted by atomic mass is 16.3. The van der Waals surface area contributed by atoms with Crippen molar-refractivity contribution in [1.82, 2.24) is 9.80 Å². The average molecular weight is 262 g/mol. The van der Waals surface area contributed by atoms with Gasteiger partial charge in [0.05, 0.1) is 0 Å². The molecular weight excluding hydrogens is 236 g/mol. The fourth-order valence-corrected chi connectivity index (χ4v) is 3.12. The Kier molecular flexibility index (Phi) is 4.97. The minimum absolute atomic E-state index is 0.308. The summed E-state index contributed by atoms with van der Waals surface area (Å²) < 4.78 is 0. The molecule has 0 saturated carbocycles. The summed E-state index contributed by atoms with van der Waals surface area (Å²) in [5.41, 5.74) is 2.70. The first kappa shape index (κ1) is 14.5. The zero-order valence-electron chi connectivity index (χ0n) is 12.3. The summed E-state index contributed by atoms with van der Waals surface area (Å²) >= 11 is 0. The van der Waals surface area contributed by atoms with Crippen molar-refractivity contribution >= 4 is 0 Å². The van der Waals surface area contributed by atoms with Gasteiger partial charge in [-0.2, -0.15) is 0 Å². The number of hydrogen-bond acceptors (Lipinski definition) is 3. The monoisotopic (exact) mass is 262 g/mol. The van der Waals surface area contributed by atoms with Crippen LogP contribution in [0.15, 0.2) is 24.3 Å². The molecule has 1 aromatic carbocycles. The van der Waals surface area contributed by atoms with Crippen molar-refractivity contribution < 1.29 is 5.11 Å². The lowest BCUT2D eigenvalue weighted by molar-refractivity contribution is 0.183. The second-order valence-corrected chi connectivity index (χ2v) is 6.15. The molecule has 0 aromatic heterocycles. The molecule has 0 spiro atoms. The van der Waals surface area contributed by atoms with Gasteiger partial charge in [-0.3, -0.25) is 4.90 Å². The third-order valence-corrected chi connectivity index (χ3v) is 3.97. The van der Waals surface area contributed by atoms with Crippen molar-refractivity contribution in [2.45, 2.75) is 13.5 Å². The number of likely N-dealkylation sites (tertiary alicyclic amines) is 1. The molecule has 0 amide bonds. The maximum Gasteiger partial charge on any atom is 0.0475 e. The van der Waals surface area contributed by atoms with E-state index in [-0.39, 0.29) is 0 Å². The maximum atomic E-state index is 9.53. The zero-order chi connectivity index (χ0) is 13.8. The zero-order valence-corrected chi connectivity index (χ0v) is 12.3. The molecule has 2 rings (SSSR count). The Bertz CT molecular complexity index is 405. The van der Waals surface area contributed by atoms with Crippen molar-refractivity contribution in [3.63, 3.8) is 0 Å². The SMILES string of the molecule is Cc1cccc(CN2C[C@@H](CN(C)C)[C@@H](CO)C2)c1. The van der Waals surface area contributed by atoms with Gasteiger partial charge in [0.25, 0.3) is 0 Å². The highest BCUT2D eigenvalue weighted by Gasteiger charge is 2.32. The lowest BCUT2D eigenvalue weighted by Gasteiger charge is -2.20. The van der Waals surface area contributed by atoms with Crippen LogP contribution in [0.25, 0.3) is 0 Å². The Morgan fingerprint density at radius 1 is 1.26 bits per heavy atom. The summed E-state index contributed by atoms with van der Waals surface area (Å²) in [7, 11) is 4.22. The van der Waals surface area contributed by atoms with Crippen LogP contribution >= 0.6 is 0 Å². The number of nitrogens with zero attached hydrogens (tertiary/aromatic N) is 2. The normalized spacial score (nSPS) is 24.3. The van der Waals surface area contributed by atoms with Crippen molar-refractivity contribution in [2.75, 3.05) is 40.3 Å². The summed E-state index contributed by atoms with van der Waals surface area (Å²) in [6.07, 6.45) is 0. The molecule has 19 heavy (non-hydrogen) atoms. The van der Waals surface area contributed by atoms with E-state index in [1.54, 1.807) is 0 Å². The summed E-state index contributed by atoms with van der Waals surface area (Å²) in [4.78, 5) is 4.70. The number of aliphatic hydroxyl groups excluding tert-OH is 1.